The third-order valence-electron chi connectivity index (χ3n) is 7.59. The Labute approximate surface area is 252 Å². The largest absolute Gasteiger partial charge is 0.457 e. The Morgan fingerprint density at radius 3 is 2.44 bits per heavy atom. The topological polar surface area (TPSA) is 84.5 Å². The lowest BCUT2D eigenvalue weighted by molar-refractivity contribution is -0.131. The van der Waals surface area contributed by atoms with Crippen LogP contribution in [-0.4, -0.2) is 17.9 Å². The Kier molecular flexibility index (Phi) is 7.09. The summed E-state index contributed by atoms with van der Waals surface area (Å²) in [5.41, 5.74) is 1.09. The van der Waals surface area contributed by atoms with E-state index in [9.17, 15) is 18.8 Å². The van der Waals surface area contributed by atoms with Crippen molar-refractivity contribution in [3.05, 3.63) is 122 Å². The van der Waals surface area contributed by atoms with Gasteiger partial charge in [0, 0.05) is 38.1 Å². The number of nitrogens with one attached hydrogen (secondary N) is 2. The number of anilines is 1. The quantitative estimate of drug-likeness (QED) is 0.215. The van der Waals surface area contributed by atoms with Gasteiger partial charge in [0.25, 0.3) is 0 Å². The lowest BCUT2D eigenvalue weighted by Gasteiger charge is -2.46. The number of ether oxygens (including phenoxy) is 1. The van der Waals surface area contributed by atoms with Crippen LogP contribution in [0.15, 0.2) is 89.4 Å². The van der Waals surface area contributed by atoms with Gasteiger partial charge in [-0.15, -0.1) is 0 Å². The maximum Gasteiger partial charge on any atom is 0.332 e. The van der Waals surface area contributed by atoms with Crippen LogP contribution < -0.4 is 15.4 Å². The second-order valence-electron chi connectivity index (χ2n) is 9.91. The Bertz CT molecular complexity index is 1730. The van der Waals surface area contributed by atoms with E-state index >= 15 is 0 Å². The molecule has 3 atom stereocenters. The fourth-order valence-electron chi connectivity index (χ4n) is 5.89. The van der Waals surface area contributed by atoms with Gasteiger partial charge in [-0.3, -0.25) is 14.4 Å². The highest BCUT2D eigenvalue weighted by molar-refractivity contribution is 9.10. The molecule has 2 aliphatic rings. The molecule has 4 aromatic carbocycles. The summed E-state index contributed by atoms with van der Waals surface area (Å²) in [6, 6.07) is 20.8. The number of piperidine rings is 1. The molecule has 0 aromatic heterocycles. The zero-order chi connectivity index (χ0) is 28.9. The van der Waals surface area contributed by atoms with Crippen LogP contribution in [0.5, 0.6) is 11.5 Å². The Hall–Kier alpha value is -3.72. The third kappa shape index (κ3) is 4.80. The lowest BCUT2D eigenvalue weighted by atomic mass is 9.59. The minimum atomic E-state index is -1.55. The van der Waals surface area contributed by atoms with E-state index in [-0.39, 0.29) is 23.8 Å². The lowest BCUT2D eigenvalue weighted by Crippen LogP contribution is -2.56. The molecule has 4 aromatic rings. The zero-order valence-corrected chi connectivity index (χ0v) is 24.2. The van der Waals surface area contributed by atoms with Crippen molar-refractivity contribution < 1.29 is 23.5 Å². The standard InChI is InChI=1S/C31H20BrCl2FN2O4/c32-18-6-11-26(41-21-8-4-16(5-9-21)29(35)39)22(13-18)28-31(23-10-7-20(34)14-25(23)36-30(31)40)24(15-27(38)37-28)17-2-1-3-19(33)12-17/h1-14,24,28H,15H2,(H,36,40)(H,37,38)/t24?,28-,31+/m1/s1. The van der Waals surface area contributed by atoms with Crippen molar-refractivity contribution in [3.8, 4) is 11.5 Å². The van der Waals surface area contributed by atoms with Gasteiger partial charge < -0.3 is 15.4 Å². The van der Waals surface area contributed by atoms with E-state index in [1.807, 2.05) is 12.1 Å². The fraction of sp³-hybridized carbons (Fsp3) is 0.129. The van der Waals surface area contributed by atoms with Gasteiger partial charge in [0.2, 0.25) is 11.8 Å². The maximum absolute atomic E-state index is 14.3. The number of halogens is 4. The van der Waals surface area contributed by atoms with E-state index in [1.54, 1.807) is 48.5 Å². The summed E-state index contributed by atoms with van der Waals surface area (Å²) in [7, 11) is 0. The van der Waals surface area contributed by atoms with Crippen molar-refractivity contribution in [2.45, 2.75) is 23.8 Å². The Morgan fingerprint density at radius 1 is 0.951 bits per heavy atom. The van der Waals surface area contributed by atoms with Gasteiger partial charge >= 0.3 is 6.04 Å². The molecule has 0 aliphatic carbocycles. The number of fused-ring (bicyclic) bond motifs is 2. The minimum absolute atomic E-state index is 0.0369. The van der Waals surface area contributed by atoms with Gasteiger partial charge in [-0.2, -0.15) is 4.39 Å². The maximum atomic E-state index is 14.3. The number of amides is 2. The molecule has 0 bridgehead atoms. The normalized spacial score (nSPS) is 21.3. The molecule has 1 saturated heterocycles. The van der Waals surface area contributed by atoms with Crippen molar-refractivity contribution >= 4 is 62.7 Å². The van der Waals surface area contributed by atoms with Crippen LogP contribution in [0.2, 0.25) is 10.0 Å². The van der Waals surface area contributed by atoms with Gasteiger partial charge in [-0.05, 0) is 77.9 Å². The molecule has 10 heteroatoms. The molecule has 2 amide bonds. The molecule has 2 heterocycles. The molecule has 6 rings (SSSR count). The number of rotatable bonds is 5. The number of carbonyl (C=O) groups is 3. The predicted octanol–water partition coefficient (Wildman–Crippen LogP) is 7.89. The number of benzene rings is 4. The molecule has 1 fully saturated rings. The van der Waals surface area contributed by atoms with E-state index < -0.39 is 23.4 Å². The SMILES string of the molecule is O=C1CC(c2cccc(Cl)c2)[C@]2(C(=O)Nc3cc(Cl)ccc32)[C@@H](c2cc(Br)ccc2Oc2ccc(C(=O)F)cc2)N1. The smallest absolute Gasteiger partial charge is 0.332 e. The van der Waals surface area contributed by atoms with E-state index in [1.165, 1.54) is 24.3 Å². The molecular weight excluding hydrogens is 634 g/mol. The third-order valence-corrected chi connectivity index (χ3v) is 8.56. The Balaban J connectivity index is 1.56. The highest BCUT2D eigenvalue weighted by Crippen LogP contribution is 2.58. The van der Waals surface area contributed by atoms with Gasteiger partial charge in [0.05, 0.1) is 11.6 Å². The predicted molar refractivity (Wildman–Crippen MR) is 158 cm³/mol. The summed E-state index contributed by atoms with van der Waals surface area (Å²) in [6.07, 6.45) is 0.0369. The molecule has 0 radical (unpaired) electrons. The average Bonchev–Trinajstić information content (AvgIpc) is 3.22. The summed E-state index contributed by atoms with van der Waals surface area (Å²) in [4.78, 5) is 38.7. The molecule has 0 saturated carbocycles. The van der Waals surface area contributed by atoms with Crippen LogP contribution in [0.25, 0.3) is 0 Å². The van der Waals surface area contributed by atoms with Crippen molar-refractivity contribution in [2.24, 2.45) is 0 Å². The number of carbonyl (C=O) groups excluding carboxylic acids is 3. The van der Waals surface area contributed by atoms with Crippen molar-refractivity contribution in [2.75, 3.05) is 5.32 Å². The van der Waals surface area contributed by atoms with Gasteiger partial charge in [0.15, 0.2) is 0 Å². The average molecular weight is 654 g/mol. The molecule has 6 nitrogen and oxygen atoms in total. The number of hydrogen-bond donors (Lipinski definition) is 2. The molecule has 2 aliphatic heterocycles. The molecule has 206 valence electrons. The van der Waals surface area contributed by atoms with E-state index in [0.717, 1.165) is 5.56 Å². The monoisotopic (exact) mass is 652 g/mol. The highest BCUT2D eigenvalue weighted by atomic mass is 79.9. The van der Waals surface area contributed by atoms with E-state index in [2.05, 4.69) is 26.6 Å². The first-order chi connectivity index (χ1) is 19.7. The van der Waals surface area contributed by atoms with E-state index in [0.29, 0.717) is 42.8 Å². The first-order valence-electron chi connectivity index (χ1n) is 12.6. The summed E-state index contributed by atoms with van der Waals surface area (Å²) in [5, 5.41) is 7.02. The van der Waals surface area contributed by atoms with Crippen LogP contribution in [0.3, 0.4) is 0 Å². The van der Waals surface area contributed by atoms with Crippen molar-refractivity contribution in [1.29, 1.82) is 0 Å². The first-order valence-corrected chi connectivity index (χ1v) is 14.1. The van der Waals surface area contributed by atoms with Crippen LogP contribution in [0.4, 0.5) is 10.1 Å². The van der Waals surface area contributed by atoms with Crippen LogP contribution in [0, 0.1) is 0 Å². The summed E-state index contributed by atoms with van der Waals surface area (Å²) in [5.74, 6) is -0.452. The molecular formula is C31H20BrCl2FN2O4. The second kappa shape index (κ2) is 10.6. The van der Waals surface area contributed by atoms with Crippen LogP contribution in [0.1, 0.15) is 45.4 Å². The zero-order valence-electron chi connectivity index (χ0n) is 21.1. The van der Waals surface area contributed by atoms with Gasteiger partial charge in [-0.1, -0.05) is 57.3 Å². The summed E-state index contributed by atoms with van der Waals surface area (Å²) in [6.45, 7) is 0. The molecule has 2 N–H and O–H groups in total. The molecule has 1 unspecified atom stereocenters. The summed E-state index contributed by atoms with van der Waals surface area (Å²) >= 11 is 16.2. The van der Waals surface area contributed by atoms with Crippen LogP contribution >= 0.6 is 39.1 Å². The fourth-order valence-corrected chi connectivity index (χ4v) is 6.64. The summed E-state index contributed by atoms with van der Waals surface area (Å²) < 4.78 is 20.1. The highest BCUT2D eigenvalue weighted by Gasteiger charge is 2.61. The number of hydrogen-bond acceptors (Lipinski definition) is 4. The molecule has 41 heavy (non-hydrogen) atoms. The van der Waals surface area contributed by atoms with Crippen molar-refractivity contribution in [1.82, 2.24) is 5.32 Å². The minimum Gasteiger partial charge on any atom is -0.457 e. The van der Waals surface area contributed by atoms with Gasteiger partial charge in [-0.25, -0.2) is 0 Å². The Morgan fingerprint density at radius 2 is 1.71 bits per heavy atom. The van der Waals surface area contributed by atoms with Crippen LogP contribution in [-0.2, 0) is 15.0 Å². The van der Waals surface area contributed by atoms with Gasteiger partial charge in [0.1, 0.15) is 16.9 Å². The van der Waals surface area contributed by atoms with E-state index in [4.69, 9.17) is 27.9 Å². The second-order valence-corrected chi connectivity index (χ2v) is 11.7. The first kappa shape index (κ1) is 27.4. The molecule has 1 spiro atoms. The van der Waals surface area contributed by atoms with Crippen molar-refractivity contribution in [3.63, 3.8) is 0 Å².